The van der Waals surface area contributed by atoms with Crippen molar-refractivity contribution in [3.8, 4) is 0 Å². The normalized spacial score (nSPS) is 11.8. The van der Waals surface area contributed by atoms with E-state index in [4.69, 9.17) is 34.8 Å². The Bertz CT molecular complexity index is 831. The van der Waals surface area contributed by atoms with Gasteiger partial charge in [-0.25, -0.2) is 0 Å². The number of likely N-dealkylation sites (N-methyl/N-ethyl adjacent to an activating group) is 1. The molecule has 2 aromatic rings. The number of thioether (sulfide) groups is 1. The topological polar surface area (TPSA) is 49.4 Å². The van der Waals surface area contributed by atoms with Gasteiger partial charge in [0.05, 0.1) is 15.8 Å². The molecule has 8 heteroatoms. The summed E-state index contributed by atoms with van der Waals surface area (Å²) in [4.78, 5) is 26.5. The van der Waals surface area contributed by atoms with Gasteiger partial charge >= 0.3 is 0 Å². The number of halogens is 3. The summed E-state index contributed by atoms with van der Waals surface area (Å²) in [6.07, 6.45) is 0. The highest BCUT2D eigenvalue weighted by atomic mass is 35.5. The van der Waals surface area contributed by atoms with Crippen LogP contribution in [0.5, 0.6) is 0 Å². The number of nitrogens with zero attached hydrogens (tertiary/aromatic N) is 1. The molecule has 0 bridgehead atoms. The molecule has 4 nitrogen and oxygen atoms in total. The van der Waals surface area contributed by atoms with Crippen molar-refractivity contribution >= 4 is 58.4 Å². The smallest absolute Gasteiger partial charge is 0.242 e. The highest BCUT2D eigenvalue weighted by Crippen LogP contribution is 2.25. The van der Waals surface area contributed by atoms with Gasteiger partial charge in [-0.05, 0) is 42.3 Å². The summed E-state index contributed by atoms with van der Waals surface area (Å²) in [6.45, 7) is 2.05. The van der Waals surface area contributed by atoms with E-state index in [1.807, 2.05) is 18.2 Å². The first-order valence-electron chi connectivity index (χ1n) is 8.59. The van der Waals surface area contributed by atoms with Gasteiger partial charge in [0.25, 0.3) is 0 Å². The molecule has 1 atom stereocenters. The molecule has 0 spiro atoms. The number of hydrogen-bond donors (Lipinski definition) is 1. The molecule has 0 aromatic heterocycles. The van der Waals surface area contributed by atoms with Crippen LogP contribution < -0.4 is 5.32 Å². The molecule has 2 amide bonds. The summed E-state index contributed by atoms with van der Waals surface area (Å²) in [5.41, 5.74) is 1.89. The molecular weight excluding hydrogens is 439 g/mol. The Labute approximate surface area is 184 Å². The van der Waals surface area contributed by atoms with Crippen molar-refractivity contribution in [3.63, 3.8) is 0 Å². The Morgan fingerprint density at radius 3 is 2.29 bits per heavy atom. The van der Waals surface area contributed by atoms with E-state index in [0.29, 0.717) is 27.4 Å². The maximum atomic E-state index is 12.8. The van der Waals surface area contributed by atoms with Crippen molar-refractivity contribution in [1.82, 2.24) is 10.2 Å². The fourth-order valence-corrected chi connectivity index (χ4v) is 3.85. The van der Waals surface area contributed by atoms with Crippen molar-refractivity contribution in [3.05, 3.63) is 68.7 Å². The maximum absolute atomic E-state index is 12.8. The van der Waals surface area contributed by atoms with Crippen LogP contribution in [0.25, 0.3) is 0 Å². The molecule has 0 radical (unpaired) electrons. The summed E-state index contributed by atoms with van der Waals surface area (Å²) in [5.74, 6) is 0.536. The predicted molar refractivity (Wildman–Crippen MR) is 118 cm³/mol. The van der Waals surface area contributed by atoms with E-state index < -0.39 is 6.04 Å². The summed E-state index contributed by atoms with van der Waals surface area (Å²) >= 11 is 19.3. The van der Waals surface area contributed by atoms with E-state index in [1.54, 1.807) is 43.1 Å². The summed E-state index contributed by atoms with van der Waals surface area (Å²) in [5, 5.41) is 4.21. The van der Waals surface area contributed by atoms with Gasteiger partial charge in [0.1, 0.15) is 6.04 Å². The quantitative estimate of drug-likeness (QED) is 0.601. The van der Waals surface area contributed by atoms with Gasteiger partial charge in [-0.2, -0.15) is 0 Å². The van der Waals surface area contributed by atoms with E-state index in [-0.39, 0.29) is 17.6 Å². The third-order valence-corrected chi connectivity index (χ3v) is 6.14. The van der Waals surface area contributed by atoms with Crippen LogP contribution in [0.4, 0.5) is 0 Å². The summed E-state index contributed by atoms with van der Waals surface area (Å²) in [7, 11) is 1.56. The molecule has 0 aliphatic rings. The monoisotopic (exact) mass is 458 g/mol. The maximum Gasteiger partial charge on any atom is 0.242 e. The van der Waals surface area contributed by atoms with Gasteiger partial charge < -0.3 is 10.2 Å². The molecule has 0 saturated heterocycles. The molecule has 2 rings (SSSR count). The molecule has 28 heavy (non-hydrogen) atoms. The molecule has 0 unspecified atom stereocenters. The van der Waals surface area contributed by atoms with Crippen molar-refractivity contribution in [2.24, 2.45) is 0 Å². The molecule has 0 heterocycles. The van der Waals surface area contributed by atoms with Gasteiger partial charge in [-0.1, -0.05) is 53.0 Å². The number of hydrogen-bond acceptors (Lipinski definition) is 3. The lowest BCUT2D eigenvalue weighted by Crippen LogP contribution is -2.47. The average molecular weight is 460 g/mol. The van der Waals surface area contributed by atoms with Crippen LogP contribution in [0.1, 0.15) is 18.1 Å². The first kappa shape index (κ1) is 22.9. The van der Waals surface area contributed by atoms with E-state index in [0.717, 1.165) is 11.1 Å². The number of benzene rings is 2. The number of carbonyl (C=O) groups excluding carboxylic acids is 2. The number of amides is 2. The third-order valence-electron chi connectivity index (χ3n) is 4.16. The van der Waals surface area contributed by atoms with Crippen LogP contribution in [-0.4, -0.2) is 35.6 Å². The second kappa shape index (κ2) is 11.0. The zero-order valence-corrected chi connectivity index (χ0v) is 18.6. The molecule has 0 fully saturated rings. The Balaban J connectivity index is 2.03. The lowest BCUT2D eigenvalue weighted by Gasteiger charge is -2.28. The van der Waals surface area contributed by atoms with Gasteiger partial charge in [-0.15, -0.1) is 11.8 Å². The van der Waals surface area contributed by atoms with Crippen molar-refractivity contribution < 1.29 is 9.59 Å². The van der Waals surface area contributed by atoms with Crippen LogP contribution in [-0.2, 0) is 21.9 Å². The Kier molecular flexibility index (Phi) is 8.96. The SMILES string of the molecule is CNC(=O)[C@H](C)N(Cc1ccc(Cl)cc1)C(=O)CSCc1ccc(Cl)c(Cl)c1. The minimum absolute atomic E-state index is 0.115. The van der Waals surface area contributed by atoms with Gasteiger partial charge in [0, 0.05) is 24.4 Å². The molecular formula is C20H21Cl3N2O2S. The van der Waals surface area contributed by atoms with Gasteiger partial charge in [0.15, 0.2) is 0 Å². The second-order valence-corrected chi connectivity index (χ2v) is 8.42. The minimum Gasteiger partial charge on any atom is -0.357 e. The van der Waals surface area contributed by atoms with E-state index >= 15 is 0 Å². The van der Waals surface area contributed by atoms with E-state index in [2.05, 4.69) is 5.32 Å². The van der Waals surface area contributed by atoms with Crippen molar-refractivity contribution in [2.45, 2.75) is 25.3 Å². The first-order chi connectivity index (χ1) is 13.3. The molecule has 0 aliphatic heterocycles. The summed E-state index contributed by atoms with van der Waals surface area (Å²) < 4.78 is 0. The number of rotatable bonds is 8. The molecule has 0 aliphatic carbocycles. The van der Waals surface area contributed by atoms with Gasteiger partial charge in [-0.3, -0.25) is 9.59 Å². The van der Waals surface area contributed by atoms with E-state index in [9.17, 15) is 9.59 Å². The van der Waals surface area contributed by atoms with Crippen molar-refractivity contribution in [1.29, 1.82) is 0 Å². The molecule has 2 aromatic carbocycles. The van der Waals surface area contributed by atoms with Crippen LogP contribution >= 0.6 is 46.6 Å². The fraction of sp³-hybridized carbons (Fsp3) is 0.300. The average Bonchev–Trinajstić information content (AvgIpc) is 2.69. The molecule has 150 valence electrons. The Morgan fingerprint density at radius 1 is 1.04 bits per heavy atom. The van der Waals surface area contributed by atoms with Crippen molar-refractivity contribution in [2.75, 3.05) is 12.8 Å². The van der Waals surface area contributed by atoms with Crippen LogP contribution in [0.3, 0.4) is 0 Å². The largest absolute Gasteiger partial charge is 0.357 e. The highest BCUT2D eigenvalue weighted by molar-refractivity contribution is 7.99. The lowest BCUT2D eigenvalue weighted by molar-refractivity contribution is -0.138. The minimum atomic E-state index is -0.584. The predicted octanol–water partition coefficient (Wildman–Crippen LogP) is 5.04. The first-order valence-corrected chi connectivity index (χ1v) is 10.9. The Hall–Kier alpha value is -1.40. The van der Waals surface area contributed by atoms with Crippen LogP contribution in [0.15, 0.2) is 42.5 Å². The molecule has 0 saturated carbocycles. The zero-order chi connectivity index (χ0) is 20.7. The van der Waals surface area contributed by atoms with Crippen LogP contribution in [0, 0.1) is 0 Å². The highest BCUT2D eigenvalue weighted by Gasteiger charge is 2.25. The van der Waals surface area contributed by atoms with Crippen LogP contribution in [0.2, 0.25) is 15.1 Å². The standard InChI is InChI=1S/C20H21Cl3N2O2S/c1-13(20(27)24-2)25(10-14-3-6-16(21)7-4-14)19(26)12-28-11-15-5-8-17(22)18(23)9-15/h3-9,13H,10-12H2,1-2H3,(H,24,27)/t13-/m0/s1. The second-order valence-electron chi connectivity index (χ2n) is 6.18. The fourth-order valence-electron chi connectivity index (χ4n) is 2.55. The molecule has 1 N–H and O–H groups in total. The number of carbonyl (C=O) groups is 2. The van der Waals surface area contributed by atoms with E-state index in [1.165, 1.54) is 11.8 Å². The third kappa shape index (κ3) is 6.59. The Morgan fingerprint density at radius 2 is 1.68 bits per heavy atom. The van der Waals surface area contributed by atoms with Gasteiger partial charge in [0.2, 0.25) is 11.8 Å². The summed E-state index contributed by atoms with van der Waals surface area (Å²) in [6, 6.07) is 12.1. The zero-order valence-electron chi connectivity index (χ0n) is 15.5. The lowest BCUT2D eigenvalue weighted by atomic mass is 10.1. The number of nitrogens with one attached hydrogen (secondary N) is 1.